The Hall–Kier alpha value is -2.32. The predicted molar refractivity (Wildman–Crippen MR) is 137 cm³/mol. The van der Waals surface area contributed by atoms with Gasteiger partial charge in [0.1, 0.15) is 5.75 Å². The number of aliphatic hydroxyl groups excluding tert-OH is 2. The average molecular weight is 519 g/mol. The molecule has 1 aliphatic heterocycles. The summed E-state index contributed by atoms with van der Waals surface area (Å²) in [5.74, 6) is -0.894. The van der Waals surface area contributed by atoms with Gasteiger partial charge in [0.15, 0.2) is 11.6 Å². The van der Waals surface area contributed by atoms with Crippen molar-refractivity contribution in [2.75, 3.05) is 33.4 Å². The summed E-state index contributed by atoms with van der Waals surface area (Å²) in [6.07, 6.45) is 4.74. The summed E-state index contributed by atoms with van der Waals surface area (Å²) >= 11 is 6.45. The van der Waals surface area contributed by atoms with Crippen molar-refractivity contribution in [3.8, 4) is 5.75 Å². The summed E-state index contributed by atoms with van der Waals surface area (Å²) in [7, 11) is 1.59. The van der Waals surface area contributed by atoms with Crippen molar-refractivity contribution >= 4 is 22.5 Å². The molecule has 0 aliphatic carbocycles. The van der Waals surface area contributed by atoms with Crippen LogP contribution in [0.5, 0.6) is 5.75 Å². The number of aliphatic hydroxyl groups is 2. The molecule has 1 aliphatic rings. The van der Waals surface area contributed by atoms with E-state index in [9.17, 15) is 19.0 Å². The topological polar surface area (TPSA) is 65.8 Å². The Balaban J connectivity index is 1.33. The normalized spacial score (nSPS) is 16.8. The van der Waals surface area contributed by atoms with Crippen LogP contribution in [0.25, 0.3) is 10.9 Å². The number of hydrogen-bond donors (Lipinski definition) is 2. The van der Waals surface area contributed by atoms with Gasteiger partial charge in [0.25, 0.3) is 0 Å². The van der Waals surface area contributed by atoms with Crippen molar-refractivity contribution in [1.82, 2.24) is 9.88 Å². The number of hydrogen-bond acceptors (Lipinski definition) is 5. The van der Waals surface area contributed by atoms with Crippen LogP contribution in [-0.2, 0) is 6.42 Å². The summed E-state index contributed by atoms with van der Waals surface area (Å²) < 4.78 is 32.6. The molecule has 2 aromatic carbocycles. The molecule has 4 rings (SSSR count). The van der Waals surface area contributed by atoms with E-state index in [4.69, 9.17) is 16.3 Å². The summed E-state index contributed by atoms with van der Waals surface area (Å²) in [5, 5.41) is 22.5. The molecule has 194 valence electrons. The smallest absolute Gasteiger partial charge is 0.162 e. The third kappa shape index (κ3) is 5.97. The number of pyridine rings is 1. The highest BCUT2D eigenvalue weighted by molar-refractivity contribution is 6.32. The highest BCUT2D eigenvalue weighted by Crippen LogP contribution is 2.40. The molecule has 0 spiro atoms. The molecular weight excluding hydrogens is 486 g/mol. The van der Waals surface area contributed by atoms with E-state index in [1.807, 2.05) is 18.2 Å². The van der Waals surface area contributed by atoms with Gasteiger partial charge in [-0.25, -0.2) is 8.78 Å². The minimum atomic E-state index is -0.805. The van der Waals surface area contributed by atoms with Gasteiger partial charge in [-0.2, -0.15) is 0 Å². The Morgan fingerprint density at radius 2 is 1.97 bits per heavy atom. The van der Waals surface area contributed by atoms with Gasteiger partial charge in [0.2, 0.25) is 0 Å². The number of likely N-dealkylation sites (tertiary alicyclic amines) is 1. The molecule has 0 saturated carbocycles. The minimum Gasteiger partial charge on any atom is -0.497 e. The number of nitrogens with zero attached hydrogens (tertiary/aromatic N) is 2. The first-order valence-electron chi connectivity index (χ1n) is 12.4. The second kappa shape index (κ2) is 11.8. The molecule has 1 fully saturated rings. The number of halogens is 3. The number of piperidine rings is 1. The zero-order chi connectivity index (χ0) is 25.7. The third-order valence-corrected chi connectivity index (χ3v) is 7.85. The molecule has 0 amide bonds. The first kappa shape index (κ1) is 26.7. The molecule has 8 heteroatoms. The van der Waals surface area contributed by atoms with E-state index >= 15 is 0 Å². The highest BCUT2D eigenvalue weighted by atomic mass is 35.5. The summed E-state index contributed by atoms with van der Waals surface area (Å²) in [4.78, 5) is 6.66. The lowest BCUT2D eigenvalue weighted by atomic mass is 9.74. The van der Waals surface area contributed by atoms with Crippen LogP contribution >= 0.6 is 11.6 Å². The maximum absolute atomic E-state index is 13.9. The lowest BCUT2D eigenvalue weighted by molar-refractivity contribution is 0.0234. The molecule has 1 aromatic heterocycles. The van der Waals surface area contributed by atoms with Crippen LogP contribution in [0, 0.1) is 17.0 Å². The largest absolute Gasteiger partial charge is 0.497 e. The molecule has 1 saturated heterocycles. The van der Waals surface area contributed by atoms with E-state index in [1.54, 1.807) is 19.4 Å². The van der Waals surface area contributed by atoms with Crippen LogP contribution in [-0.4, -0.2) is 53.4 Å². The number of ether oxygens (including phenoxy) is 1. The third-order valence-electron chi connectivity index (χ3n) is 7.55. The van der Waals surface area contributed by atoms with E-state index < -0.39 is 17.7 Å². The lowest BCUT2D eigenvalue weighted by Crippen LogP contribution is -2.42. The molecule has 2 heterocycles. The summed E-state index contributed by atoms with van der Waals surface area (Å²) in [6.45, 7) is 2.48. The molecule has 5 nitrogen and oxygen atoms in total. The quantitative estimate of drug-likeness (QED) is 0.360. The van der Waals surface area contributed by atoms with Crippen molar-refractivity contribution < 1.29 is 23.7 Å². The molecule has 0 unspecified atom stereocenters. The number of rotatable bonds is 10. The standard InChI is InChI=1S/C28H33ClF2N2O3/c1-36-20-7-8-24-21(16-20)26(22(29)17-32-24)25(35)9-10-28(18-34)11-14-33(15-12-28)13-3-5-19-4-2-6-23(30)27(19)31/h2,4,6-8,16-17,25,34-35H,3,5,9-15,18H2,1H3/t25-/m1/s1. The summed E-state index contributed by atoms with van der Waals surface area (Å²) in [6, 6.07) is 9.80. The fraction of sp³-hybridized carbons (Fsp3) is 0.464. The SMILES string of the molecule is COc1ccc2ncc(Cl)c([C@H](O)CCC3(CO)CCN(CCCc4cccc(F)c4F)CC3)c2c1. The first-order valence-corrected chi connectivity index (χ1v) is 12.8. The molecular formula is C28H33ClF2N2O3. The van der Waals surface area contributed by atoms with Crippen LogP contribution in [0.3, 0.4) is 0 Å². The fourth-order valence-corrected chi connectivity index (χ4v) is 5.47. The number of fused-ring (bicyclic) bond motifs is 1. The van der Waals surface area contributed by atoms with Crippen molar-refractivity contribution in [2.24, 2.45) is 5.41 Å². The van der Waals surface area contributed by atoms with Gasteiger partial charge in [-0.15, -0.1) is 0 Å². The number of aromatic nitrogens is 1. The van der Waals surface area contributed by atoms with Gasteiger partial charge < -0.3 is 19.8 Å². The Labute approximate surface area is 215 Å². The molecule has 0 bridgehead atoms. The van der Waals surface area contributed by atoms with Crippen LogP contribution in [0.4, 0.5) is 8.78 Å². The van der Waals surface area contributed by atoms with Crippen molar-refractivity contribution in [3.05, 3.63) is 70.4 Å². The predicted octanol–water partition coefficient (Wildman–Crippen LogP) is 5.70. The molecule has 3 aromatic rings. The maximum Gasteiger partial charge on any atom is 0.162 e. The molecule has 0 radical (unpaired) electrons. The van der Waals surface area contributed by atoms with Crippen LogP contribution in [0.2, 0.25) is 5.02 Å². The van der Waals surface area contributed by atoms with Gasteiger partial charge in [-0.3, -0.25) is 4.98 Å². The zero-order valence-electron chi connectivity index (χ0n) is 20.5. The molecule has 1 atom stereocenters. The number of methoxy groups -OCH3 is 1. The van der Waals surface area contributed by atoms with Crippen LogP contribution < -0.4 is 4.74 Å². The molecule has 2 N–H and O–H groups in total. The van der Waals surface area contributed by atoms with E-state index in [0.717, 1.165) is 55.9 Å². The van der Waals surface area contributed by atoms with E-state index in [0.29, 0.717) is 41.2 Å². The monoisotopic (exact) mass is 518 g/mol. The first-order chi connectivity index (χ1) is 17.4. The van der Waals surface area contributed by atoms with Crippen molar-refractivity contribution in [2.45, 2.75) is 44.6 Å². The van der Waals surface area contributed by atoms with Crippen LogP contribution in [0.1, 0.15) is 49.3 Å². The van der Waals surface area contributed by atoms with E-state index in [-0.39, 0.29) is 12.0 Å². The Kier molecular flexibility index (Phi) is 8.78. The Morgan fingerprint density at radius 1 is 1.19 bits per heavy atom. The molecule has 36 heavy (non-hydrogen) atoms. The van der Waals surface area contributed by atoms with Gasteiger partial charge in [0, 0.05) is 23.8 Å². The zero-order valence-corrected chi connectivity index (χ0v) is 21.3. The van der Waals surface area contributed by atoms with E-state index in [1.165, 1.54) is 6.07 Å². The fourth-order valence-electron chi connectivity index (χ4n) is 5.19. The number of benzene rings is 2. The van der Waals surface area contributed by atoms with Gasteiger partial charge in [0.05, 0.1) is 23.8 Å². The summed E-state index contributed by atoms with van der Waals surface area (Å²) in [5.41, 5.74) is 1.51. The van der Waals surface area contributed by atoms with Gasteiger partial charge >= 0.3 is 0 Å². The van der Waals surface area contributed by atoms with E-state index in [2.05, 4.69) is 9.88 Å². The number of aryl methyl sites for hydroxylation is 1. The second-order valence-electron chi connectivity index (χ2n) is 9.77. The minimum absolute atomic E-state index is 0.0563. The van der Waals surface area contributed by atoms with Gasteiger partial charge in [-0.1, -0.05) is 23.7 Å². The second-order valence-corrected chi connectivity index (χ2v) is 10.2. The van der Waals surface area contributed by atoms with Crippen molar-refractivity contribution in [3.63, 3.8) is 0 Å². The highest BCUT2D eigenvalue weighted by Gasteiger charge is 2.34. The Bertz CT molecular complexity index is 1180. The van der Waals surface area contributed by atoms with Gasteiger partial charge in [-0.05, 0) is 93.4 Å². The van der Waals surface area contributed by atoms with Crippen LogP contribution in [0.15, 0.2) is 42.6 Å². The average Bonchev–Trinajstić information content (AvgIpc) is 2.90. The Morgan fingerprint density at radius 3 is 2.69 bits per heavy atom. The van der Waals surface area contributed by atoms with Crippen molar-refractivity contribution in [1.29, 1.82) is 0 Å². The maximum atomic E-state index is 13.9. The lowest BCUT2D eigenvalue weighted by Gasteiger charge is -2.41.